The maximum absolute atomic E-state index is 6.06. The lowest BCUT2D eigenvalue weighted by atomic mass is 10.2. The SMILES string of the molecule is CCN(CCN)c1cccc(Cl)c1C. The predicted octanol–water partition coefficient (Wildman–Crippen LogP) is 2.43. The average Bonchev–Trinajstić information content (AvgIpc) is 2.19. The van der Waals surface area contributed by atoms with E-state index in [1.54, 1.807) is 0 Å². The summed E-state index contributed by atoms with van der Waals surface area (Å²) in [6.45, 7) is 6.66. The molecule has 0 aliphatic carbocycles. The van der Waals surface area contributed by atoms with Crippen LogP contribution in [0.3, 0.4) is 0 Å². The molecule has 0 saturated heterocycles. The summed E-state index contributed by atoms with van der Waals surface area (Å²) in [4.78, 5) is 2.24. The Hall–Kier alpha value is -0.730. The Labute approximate surface area is 90.7 Å². The summed E-state index contributed by atoms with van der Waals surface area (Å²) < 4.78 is 0. The van der Waals surface area contributed by atoms with Crippen molar-refractivity contribution in [3.63, 3.8) is 0 Å². The number of nitrogens with zero attached hydrogens (tertiary/aromatic N) is 1. The van der Waals surface area contributed by atoms with Crippen LogP contribution in [0, 0.1) is 6.92 Å². The highest BCUT2D eigenvalue weighted by atomic mass is 35.5. The van der Waals surface area contributed by atoms with E-state index in [2.05, 4.69) is 17.9 Å². The van der Waals surface area contributed by atoms with Crippen molar-refractivity contribution in [3.8, 4) is 0 Å². The standard InChI is InChI=1S/C11H17ClN2/c1-3-14(8-7-13)11-6-4-5-10(12)9(11)2/h4-6H,3,7-8,13H2,1-2H3. The van der Waals surface area contributed by atoms with Crippen molar-refractivity contribution in [1.29, 1.82) is 0 Å². The second-order valence-electron chi connectivity index (χ2n) is 3.25. The Morgan fingerprint density at radius 2 is 2.14 bits per heavy atom. The van der Waals surface area contributed by atoms with E-state index in [4.69, 9.17) is 17.3 Å². The Balaban J connectivity index is 2.97. The molecule has 0 saturated carbocycles. The van der Waals surface area contributed by atoms with Crippen LogP contribution in [-0.4, -0.2) is 19.6 Å². The molecule has 0 heterocycles. The molecule has 3 heteroatoms. The van der Waals surface area contributed by atoms with E-state index in [1.165, 1.54) is 5.69 Å². The van der Waals surface area contributed by atoms with Gasteiger partial charge in [-0.1, -0.05) is 17.7 Å². The first-order chi connectivity index (χ1) is 6.70. The lowest BCUT2D eigenvalue weighted by Crippen LogP contribution is -2.29. The Morgan fingerprint density at radius 1 is 1.43 bits per heavy atom. The second-order valence-corrected chi connectivity index (χ2v) is 3.66. The zero-order valence-corrected chi connectivity index (χ0v) is 9.51. The van der Waals surface area contributed by atoms with Gasteiger partial charge in [-0.2, -0.15) is 0 Å². The molecule has 0 atom stereocenters. The van der Waals surface area contributed by atoms with Crippen LogP contribution in [0.15, 0.2) is 18.2 Å². The van der Waals surface area contributed by atoms with Gasteiger partial charge in [-0.25, -0.2) is 0 Å². The van der Waals surface area contributed by atoms with E-state index >= 15 is 0 Å². The lowest BCUT2D eigenvalue weighted by Gasteiger charge is -2.24. The maximum atomic E-state index is 6.06. The molecule has 1 aromatic rings. The highest BCUT2D eigenvalue weighted by molar-refractivity contribution is 6.31. The molecule has 14 heavy (non-hydrogen) atoms. The van der Waals surface area contributed by atoms with Crippen molar-refractivity contribution in [2.45, 2.75) is 13.8 Å². The molecule has 0 radical (unpaired) electrons. The smallest absolute Gasteiger partial charge is 0.0455 e. The van der Waals surface area contributed by atoms with E-state index in [0.717, 1.165) is 23.7 Å². The van der Waals surface area contributed by atoms with Gasteiger partial charge in [-0.05, 0) is 31.5 Å². The molecule has 0 bridgehead atoms. The summed E-state index contributed by atoms with van der Waals surface area (Å²) >= 11 is 6.06. The first kappa shape index (κ1) is 11.3. The molecule has 0 aliphatic heterocycles. The van der Waals surface area contributed by atoms with Crippen LogP contribution >= 0.6 is 11.6 Å². The summed E-state index contributed by atoms with van der Waals surface area (Å²) in [5.41, 5.74) is 7.87. The summed E-state index contributed by atoms with van der Waals surface area (Å²) in [6, 6.07) is 5.97. The van der Waals surface area contributed by atoms with Gasteiger partial charge >= 0.3 is 0 Å². The minimum absolute atomic E-state index is 0.666. The molecule has 1 rings (SSSR count). The fourth-order valence-electron chi connectivity index (χ4n) is 1.54. The summed E-state index contributed by atoms with van der Waals surface area (Å²) in [6.07, 6.45) is 0. The number of hydrogen-bond donors (Lipinski definition) is 1. The van der Waals surface area contributed by atoms with Gasteiger partial charge in [0.25, 0.3) is 0 Å². The van der Waals surface area contributed by atoms with E-state index in [1.807, 2.05) is 19.1 Å². The molecular formula is C11H17ClN2. The number of nitrogens with two attached hydrogens (primary N) is 1. The molecule has 0 fully saturated rings. The van der Waals surface area contributed by atoms with Gasteiger partial charge in [0.2, 0.25) is 0 Å². The van der Waals surface area contributed by atoms with Gasteiger partial charge in [0.05, 0.1) is 0 Å². The van der Waals surface area contributed by atoms with Crippen molar-refractivity contribution in [1.82, 2.24) is 0 Å². The molecule has 0 unspecified atom stereocenters. The van der Waals surface area contributed by atoms with E-state index in [0.29, 0.717) is 6.54 Å². The number of rotatable bonds is 4. The quantitative estimate of drug-likeness (QED) is 0.831. The predicted molar refractivity (Wildman–Crippen MR) is 63.1 cm³/mol. The van der Waals surface area contributed by atoms with Crippen molar-refractivity contribution in [3.05, 3.63) is 28.8 Å². The fraction of sp³-hybridized carbons (Fsp3) is 0.455. The molecule has 0 aliphatic rings. The van der Waals surface area contributed by atoms with Gasteiger partial charge in [0, 0.05) is 30.3 Å². The second kappa shape index (κ2) is 5.23. The van der Waals surface area contributed by atoms with Crippen LogP contribution in [0.25, 0.3) is 0 Å². The molecule has 1 aromatic carbocycles. The minimum Gasteiger partial charge on any atom is -0.370 e. The monoisotopic (exact) mass is 212 g/mol. The van der Waals surface area contributed by atoms with Gasteiger partial charge < -0.3 is 10.6 Å². The molecule has 2 nitrogen and oxygen atoms in total. The van der Waals surface area contributed by atoms with Crippen molar-refractivity contribution < 1.29 is 0 Å². The summed E-state index contributed by atoms with van der Waals surface area (Å²) in [7, 11) is 0. The zero-order chi connectivity index (χ0) is 10.6. The van der Waals surface area contributed by atoms with Crippen LogP contribution < -0.4 is 10.6 Å². The Bertz CT molecular complexity index is 299. The van der Waals surface area contributed by atoms with Gasteiger partial charge in [0.15, 0.2) is 0 Å². The summed E-state index contributed by atoms with van der Waals surface area (Å²) in [5, 5.41) is 0.818. The van der Waals surface area contributed by atoms with Gasteiger partial charge in [-0.15, -0.1) is 0 Å². The molecule has 0 spiro atoms. The van der Waals surface area contributed by atoms with Crippen LogP contribution in [-0.2, 0) is 0 Å². The van der Waals surface area contributed by atoms with Crippen LogP contribution in [0.2, 0.25) is 5.02 Å². The number of benzene rings is 1. The number of hydrogen-bond acceptors (Lipinski definition) is 2. The van der Waals surface area contributed by atoms with Gasteiger partial charge in [-0.3, -0.25) is 0 Å². The molecule has 2 N–H and O–H groups in total. The van der Waals surface area contributed by atoms with Crippen LogP contribution in [0.1, 0.15) is 12.5 Å². The average molecular weight is 213 g/mol. The normalized spacial score (nSPS) is 10.3. The molecule has 0 amide bonds. The van der Waals surface area contributed by atoms with Crippen molar-refractivity contribution in [2.24, 2.45) is 5.73 Å². The van der Waals surface area contributed by atoms with Crippen molar-refractivity contribution in [2.75, 3.05) is 24.5 Å². The maximum Gasteiger partial charge on any atom is 0.0455 e. The third-order valence-corrected chi connectivity index (χ3v) is 2.77. The summed E-state index contributed by atoms with van der Waals surface area (Å²) in [5.74, 6) is 0. The van der Waals surface area contributed by atoms with Crippen LogP contribution in [0.5, 0.6) is 0 Å². The van der Waals surface area contributed by atoms with E-state index < -0.39 is 0 Å². The first-order valence-corrected chi connectivity index (χ1v) is 5.28. The van der Waals surface area contributed by atoms with E-state index in [-0.39, 0.29) is 0 Å². The molecule has 78 valence electrons. The number of halogens is 1. The number of likely N-dealkylation sites (N-methyl/N-ethyl adjacent to an activating group) is 1. The highest BCUT2D eigenvalue weighted by Gasteiger charge is 2.07. The fourth-order valence-corrected chi connectivity index (χ4v) is 1.71. The zero-order valence-electron chi connectivity index (χ0n) is 8.76. The largest absolute Gasteiger partial charge is 0.370 e. The molecule has 0 aromatic heterocycles. The van der Waals surface area contributed by atoms with E-state index in [9.17, 15) is 0 Å². The Kier molecular flexibility index (Phi) is 4.23. The Morgan fingerprint density at radius 3 is 2.71 bits per heavy atom. The van der Waals surface area contributed by atoms with Crippen molar-refractivity contribution >= 4 is 17.3 Å². The van der Waals surface area contributed by atoms with Crippen LogP contribution in [0.4, 0.5) is 5.69 Å². The lowest BCUT2D eigenvalue weighted by molar-refractivity contribution is 0.814. The minimum atomic E-state index is 0.666. The third-order valence-electron chi connectivity index (χ3n) is 2.36. The van der Waals surface area contributed by atoms with Gasteiger partial charge in [0.1, 0.15) is 0 Å². The molecular weight excluding hydrogens is 196 g/mol. The third kappa shape index (κ3) is 2.40. The topological polar surface area (TPSA) is 29.3 Å². The number of anilines is 1. The first-order valence-electron chi connectivity index (χ1n) is 4.90. The highest BCUT2D eigenvalue weighted by Crippen LogP contribution is 2.25.